The number of carbonyl (C=O) groups is 2. The first-order valence-corrected chi connectivity index (χ1v) is 12.5. The highest BCUT2D eigenvalue weighted by Crippen LogP contribution is 2.70. The van der Waals surface area contributed by atoms with Crippen molar-refractivity contribution in [2.45, 2.75) is 65.4 Å². The molecule has 0 fully saturated rings. The summed E-state index contributed by atoms with van der Waals surface area (Å²) < 4.78 is 5.12. The summed E-state index contributed by atoms with van der Waals surface area (Å²) >= 11 is 5.96. The van der Waals surface area contributed by atoms with Crippen molar-refractivity contribution in [1.29, 1.82) is 5.41 Å². The van der Waals surface area contributed by atoms with Crippen LogP contribution in [0.5, 0.6) is 0 Å². The molecule has 0 atom stereocenters. The van der Waals surface area contributed by atoms with Gasteiger partial charge in [0.25, 0.3) is 5.91 Å². The van der Waals surface area contributed by atoms with Gasteiger partial charge in [0.2, 0.25) is 0 Å². The van der Waals surface area contributed by atoms with Gasteiger partial charge in [0.1, 0.15) is 5.57 Å². The standard InChI is InChI=1S/C22H33ClN2O3P/c1-8-28-22(27)25(20-11-9-19(23)10-12-20)21(26)18(13-24)14-29(15(2)3,16(4)5)17(6)7/h9-12,15-17,24H,8,14H2,1-7H3/q+1. The van der Waals surface area contributed by atoms with E-state index in [2.05, 4.69) is 47.4 Å². The summed E-state index contributed by atoms with van der Waals surface area (Å²) in [6, 6.07) is 6.40. The average molecular weight is 440 g/mol. The van der Waals surface area contributed by atoms with Crippen molar-refractivity contribution in [3.8, 4) is 0 Å². The van der Waals surface area contributed by atoms with Gasteiger partial charge in [-0.25, -0.2) is 9.69 Å². The second kappa shape index (κ2) is 10.9. The first kappa shape index (κ1) is 25.4. The summed E-state index contributed by atoms with van der Waals surface area (Å²) in [4.78, 5) is 27.0. The van der Waals surface area contributed by atoms with Gasteiger partial charge in [-0.3, -0.25) is 10.2 Å². The summed E-state index contributed by atoms with van der Waals surface area (Å²) in [6.45, 7) is 14.9. The van der Waals surface area contributed by atoms with Crippen LogP contribution in [0.3, 0.4) is 0 Å². The van der Waals surface area contributed by atoms with Gasteiger partial charge in [-0.15, -0.1) is 0 Å². The molecule has 0 aliphatic carbocycles. The molecule has 2 amide bonds. The maximum Gasteiger partial charge on any atom is 0.421 e. The summed E-state index contributed by atoms with van der Waals surface area (Å²) in [7, 11) is -1.66. The zero-order valence-corrected chi connectivity index (χ0v) is 20.1. The molecule has 1 N–H and O–H groups in total. The largest absolute Gasteiger partial charge is 0.449 e. The molecular weight excluding hydrogens is 407 g/mol. The van der Waals surface area contributed by atoms with Crippen molar-refractivity contribution in [2.24, 2.45) is 0 Å². The van der Waals surface area contributed by atoms with Crippen LogP contribution >= 0.6 is 18.9 Å². The number of carbonyl (C=O) groups excluding carboxylic acids is 2. The Kier molecular flexibility index (Phi) is 9.55. The topological polar surface area (TPSA) is 70.5 Å². The Morgan fingerprint density at radius 2 is 1.55 bits per heavy atom. The van der Waals surface area contributed by atoms with Crippen molar-refractivity contribution in [3.63, 3.8) is 0 Å². The molecule has 5 nitrogen and oxygen atoms in total. The SMILES string of the molecule is CCOC(=O)N(C(=O)C(=C=N)C[P+](C(C)C)(C(C)C)C(C)C)c1ccc(Cl)cc1. The number of benzene rings is 1. The highest BCUT2D eigenvalue weighted by Gasteiger charge is 2.49. The lowest BCUT2D eigenvalue weighted by atomic mass is 10.2. The van der Waals surface area contributed by atoms with Crippen LogP contribution in [0.15, 0.2) is 29.8 Å². The minimum absolute atomic E-state index is 0.140. The fourth-order valence-corrected chi connectivity index (χ4v) is 9.55. The zero-order chi connectivity index (χ0) is 22.4. The molecule has 0 unspecified atom stereocenters. The van der Waals surface area contributed by atoms with Crippen LogP contribution < -0.4 is 4.90 Å². The van der Waals surface area contributed by atoms with Crippen molar-refractivity contribution in [3.05, 3.63) is 34.9 Å². The lowest BCUT2D eigenvalue weighted by Crippen LogP contribution is -2.40. The Hall–Kier alpha value is -1.67. The minimum atomic E-state index is -1.66. The summed E-state index contributed by atoms with van der Waals surface area (Å²) in [5.41, 5.74) is 1.70. The quantitative estimate of drug-likeness (QED) is 0.295. The fourth-order valence-electron chi connectivity index (χ4n) is 3.99. The van der Waals surface area contributed by atoms with E-state index in [4.69, 9.17) is 21.7 Å². The first-order valence-electron chi connectivity index (χ1n) is 9.95. The Labute approximate surface area is 180 Å². The van der Waals surface area contributed by atoms with E-state index in [1.54, 1.807) is 31.2 Å². The number of hydrogen-bond donors (Lipinski definition) is 1. The van der Waals surface area contributed by atoms with E-state index < -0.39 is 19.3 Å². The molecule has 0 aromatic heterocycles. The molecular formula is C22H33ClN2O3P+. The fraction of sp³-hybridized carbons (Fsp3) is 0.545. The van der Waals surface area contributed by atoms with E-state index in [0.717, 1.165) is 4.90 Å². The number of rotatable bonds is 8. The smallest absolute Gasteiger partial charge is 0.421 e. The molecule has 0 saturated heterocycles. The first-order chi connectivity index (χ1) is 13.5. The van der Waals surface area contributed by atoms with E-state index >= 15 is 0 Å². The second-order valence-corrected chi connectivity index (χ2v) is 13.7. The van der Waals surface area contributed by atoms with Crippen LogP contribution in [-0.4, -0.2) is 47.6 Å². The third-order valence-corrected chi connectivity index (χ3v) is 12.3. The highest BCUT2D eigenvalue weighted by molar-refractivity contribution is 7.78. The van der Waals surface area contributed by atoms with Gasteiger partial charge < -0.3 is 4.74 Å². The molecule has 7 heteroatoms. The number of hydrogen-bond acceptors (Lipinski definition) is 4. The molecule has 0 radical (unpaired) electrons. The van der Waals surface area contributed by atoms with Gasteiger partial charge >= 0.3 is 6.09 Å². The minimum Gasteiger partial charge on any atom is -0.449 e. The zero-order valence-electron chi connectivity index (χ0n) is 18.5. The van der Waals surface area contributed by atoms with Crippen LogP contribution in [0.4, 0.5) is 10.5 Å². The number of amides is 2. The van der Waals surface area contributed by atoms with E-state index in [9.17, 15) is 9.59 Å². The number of nitrogens with zero attached hydrogens (tertiary/aromatic N) is 1. The van der Waals surface area contributed by atoms with Gasteiger partial charge in [0, 0.05) is 12.3 Å². The second-order valence-electron chi connectivity index (χ2n) is 7.85. The lowest BCUT2D eigenvalue weighted by molar-refractivity contribution is -0.114. The summed E-state index contributed by atoms with van der Waals surface area (Å²) in [5, 5.41) is 8.33. The molecule has 0 aliphatic rings. The maximum absolute atomic E-state index is 13.4. The number of anilines is 1. The molecule has 1 aromatic rings. The number of halogens is 1. The van der Waals surface area contributed by atoms with Gasteiger partial charge in [-0.2, -0.15) is 0 Å². The van der Waals surface area contributed by atoms with E-state index in [0.29, 0.717) is 33.8 Å². The maximum atomic E-state index is 13.4. The lowest BCUT2D eigenvalue weighted by Gasteiger charge is -2.38. The van der Waals surface area contributed by atoms with Crippen molar-refractivity contribution >= 4 is 42.4 Å². The molecule has 1 aromatic carbocycles. The van der Waals surface area contributed by atoms with Crippen LogP contribution in [-0.2, 0) is 9.53 Å². The summed E-state index contributed by atoms with van der Waals surface area (Å²) in [5.74, 6) is 1.79. The average Bonchev–Trinajstić information content (AvgIpc) is 2.63. The normalized spacial score (nSPS) is 11.6. The van der Waals surface area contributed by atoms with Crippen molar-refractivity contribution in [1.82, 2.24) is 0 Å². The van der Waals surface area contributed by atoms with Gasteiger partial charge in [-0.1, -0.05) is 11.6 Å². The van der Waals surface area contributed by atoms with Crippen LogP contribution in [0, 0.1) is 5.41 Å². The molecule has 160 valence electrons. The van der Waals surface area contributed by atoms with E-state index in [1.807, 2.05) is 0 Å². The van der Waals surface area contributed by atoms with Crippen LogP contribution in [0.25, 0.3) is 0 Å². The molecule has 0 aliphatic heterocycles. The van der Waals surface area contributed by atoms with E-state index in [1.165, 1.54) is 0 Å². The number of imide groups is 1. The highest BCUT2D eigenvalue weighted by atomic mass is 35.5. The third kappa shape index (κ3) is 5.69. The molecule has 0 saturated carbocycles. The molecule has 0 spiro atoms. The molecule has 1 rings (SSSR count). The van der Waals surface area contributed by atoms with Crippen LogP contribution in [0.1, 0.15) is 48.5 Å². The van der Waals surface area contributed by atoms with Gasteiger partial charge in [0.15, 0.2) is 0 Å². The van der Waals surface area contributed by atoms with Crippen molar-refractivity contribution in [2.75, 3.05) is 17.7 Å². The Morgan fingerprint density at radius 1 is 1.07 bits per heavy atom. The third-order valence-electron chi connectivity index (χ3n) is 5.46. The van der Waals surface area contributed by atoms with Crippen molar-refractivity contribution < 1.29 is 14.3 Å². The molecule has 0 bridgehead atoms. The molecule has 29 heavy (non-hydrogen) atoms. The predicted molar refractivity (Wildman–Crippen MR) is 124 cm³/mol. The predicted octanol–water partition coefficient (Wildman–Crippen LogP) is 6.25. The Morgan fingerprint density at radius 3 is 1.93 bits per heavy atom. The van der Waals surface area contributed by atoms with Crippen LogP contribution in [0.2, 0.25) is 5.02 Å². The Balaban J connectivity index is 3.43. The Bertz CT molecular complexity index is 747. The molecule has 0 heterocycles. The van der Waals surface area contributed by atoms with E-state index in [-0.39, 0.29) is 12.2 Å². The summed E-state index contributed by atoms with van der Waals surface area (Å²) in [6.07, 6.45) is -0.304. The van der Waals surface area contributed by atoms with Gasteiger partial charge in [-0.05, 0) is 78.6 Å². The monoisotopic (exact) mass is 439 g/mol. The number of nitrogens with one attached hydrogen (secondary N) is 1. The number of ether oxygens (including phenoxy) is 1. The van der Waals surface area contributed by atoms with Gasteiger partial charge in [0.05, 0.1) is 35.4 Å².